The van der Waals surface area contributed by atoms with E-state index < -0.39 is 10.7 Å². The molecule has 0 spiro atoms. The quantitative estimate of drug-likeness (QED) is 0.673. The van der Waals surface area contributed by atoms with Crippen LogP contribution in [0.15, 0.2) is 18.2 Å². The molecule has 0 radical (unpaired) electrons. The Morgan fingerprint density at radius 2 is 2.21 bits per heavy atom. The standard InChI is InChI=1S/C13H17FN2O3/c14-10-7-12(9-13(8-10)16(18)19)15-5-2-1-3-11(15)4-6-17/h7-9,11,17H,1-6H2. The van der Waals surface area contributed by atoms with E-state index in [2.05, 4.69) is 0 Å². The van der Waals surface area contributed by atoms with E-state index in [-0.39, 0.29) is 18.3 Å². The number of nitro benzene ring substituents is 1. The fourth-order valence-corrected chi connectivity index (χ4v) is 2.62. The van der Waals surface area contributed by atoms with Gasteiger partial charge in [-0.1, -0.05) is 0 Å². The predicted molar refractivity (Wildman–Crippen MR) is 69.7 cm³/mol. The first-order valence-corrected chi connectivity index (χ1v) is 6.44. The number of aliphatic hydroxyl groups is 1. The van der Waals surface area contributed by atoms with E-state index in [1.807, 2.05) is 4.90 Å². The Morgan fingerprint density at radius 1 is 1.42 bits per heavy atom. The molecule has 0 amide bonds. The molecular formula is C13H17FN2O3. The van der Waals surface area contributed by atoms with Crippen LogP contribution in [0.25, 0.3) is 0 Å². The maximum absolute atomic E-state index is 13.5. The average molecular weight is 268 g/mol. The van der Waals surface area contributed by atoms with Crippen molar-refractivity contribution in [2.24, 2.45) is 0 Å². The summed E-state index contributed by atoms with van der Waals surface area (Å²) in [6.07, 6.45) is 3.57. The van der Waals surface area contributed by atoms with Crippen molar-refractivity contribution >= 4 is 11.4 Å². The smallest absolute Gasteiger partial charge is 0.274 e. The Labute approximate surface area is 110 Å². The molecule has 0 aliphatic carbocycles. The van der Waals surface area contributed by atoms with Crippen molar-refractivity contribution in [1.82, 2.24) is 0 Å². The summed E-state index contributed by atoms with van der Waals surface area (Å²) in [4.78, 5) is 12.2. The topological polar surface area (TPSA) is 66.6 Å². The fourth-order valence-electron chi connectivity index (χ4n) is 2.62. The zero-order chi connectivity index (χ0) is 13.8. The van der Waals surface area contributed by atoms with E-state index in [9.17, 15) is 14.5 Å². The highest BCUT2D eigenvalue weighted by molar-refractivity contribution is 5.54. The molecule has 1 aromatic carbocycles. The van der Waals surface area contributed by atoms with Gasteiger partial charge in [0.25, 0.3) is 5.69 Å². The number of anilines is 1. The molecule has 104 valence electrons. The Hall–Kier alpha value is -1.69. The molecule has 6 heteroatoms. The number of hydrogen-bond acceptors (Lipinski definition) is 4. The molecule has 0 aromatic heterocycles. The summed E-state index contributed by atoms with van der Waals surface area (Å²) in [6, 6.07) is 3.77. The third kappa shape index (κ3) is 3.20. The van der Waals surface area contributed by atoms with Crippen LogP contribution < -0.4 is 4.90 Å². The number of non-ortho nitro benzene ring substituents is 1. The molecular weight excluding hydrogens is 251 g/mol. The van der Waals surface area contributed by atoms with E-state index >= 15 is 0 Å². The third-order valence-corrected chi connectivity index (χ3v) is 3.50. The summed E-state index contributed by atoms with van der Waals surface area (Å²) in [5.41, 5.74) is 0.299. The zero-order valence-electron chi connectivity index (χ0n) is 10.6. The Morgan fingerprint density at radius 3 is 2.89 bits per heavy atom. The molecule has 2 rings (SSSR count). The van der Waals surface area contributed by atoms with E-state index in [1.165, 1.54) is 12.1 Å². The molecule has 1 fully saturated rings. The summed E-state index contributed by atoms with van der Waals surface area (Å²) in [7, 11) is 0. The first-order chi connectivity index (χ1) is 9.11. The Bertz CT molecular complexity index is 465. The van der Waals surface area contributed by atoms with Crippen molar-refractivity contribution in [2.75, 3.05) is 18.1 Å². The van der Waals surface area contributed by atoms with Crippen LogP contribution in [0.2, 0.25) is 0 Å². The average Bonchev–Trinajstić information content (AvgIpc) is 2.39. The molecule has 1 saturated heterocycles. The number of rotatable bonds is 4. The van der Waals surface area contributed by atoms with Crippen molar-refractivity contribution in [3.8, 4) is 0 Å². The van der Waals surface area contributed by atoms with Gasteiger partial charge >= 0.3 is 0 Å². The number of aliphatic hydroxyl groups excluding tert-OH is 1. The van der Waals surface area contributed by atoms with Gasteiger partial charge < -0.3 is 10.0 Å². The van der Waals surface area contributed by atoms with Crippen LogP contribution in [0.4, 0.5) is 15.8 Å². The first kappa shape index (κ1) is 13.7. The number of nitrogens with zero attached hydrogens (tertiary/aromatic N) is 2. The lowest BCUT2D eigenvalue weighted by molar-refractivity contribution is -0.385. The number of hydrogen-bond donors (Lipinski definition) is 1. The summed E-state index contributed by atoms with van der Waals surface area (Å²) >= 11 is 0. The molecule has 1 aromatic rings. The van der Waals surface area contributed by atoms with Gasteiger partial charge in [0.2, 0.25) is 0 Å². The summed E-state index contributed by atoms with van der Waals surface area (Å²) in [5.74, 6) is -0.600. The largest absolute Gasteiger partial charge is 0.396 e. The van der Waals surface area contributed by atoms with Crippen LogP contribution in [0, 0.1) is 15.9 Å². The van der Waals surface area contributed by atoms with Crippen molar-refractivity contribution in [3.63, 3.8) is 0 Å². The molecule has 1 N–H and O–H groups in total. The Kier molecular flexibility index (Phi) is 4.31. The van der Waals surface area contributed by atoms with Crippen molar-refractivity contribution < 1.29 is 14.4 Å². The molecule has 5 nitrogen and oxygen atoms in total. The monoisotopic (exact) mass is 268 g/mol. The molecule has 0 bridgehead atoms. The molecule has 1 heterocycles. The normalized spacial score (nSPS) is 19.5. The van der Waals surface area contributed by atoms with E-state index in [0.717, 1.165) is 31.9 Å². The summed E-state index contributed by atoms with van der Waals surface area (Å²) in [5, 5.41) is 19.8. The second-order valence-corrected chi connectivity index (χ2v) is 4.78. The highest BCUT2D eigenvalue weighted by Gasteiger charge is 2.24. The molecule has 1 aliphatic rings. The number of halogens is 1. The second-order valence-electron chi connectivity index (χ2n) is 4.78. The predicted octanol–water partition coefficient (Wildman–Crippen LogP) is 2.48. The highest BCUT2D eigenvalue weighted by Crippen LogP contribution is 2.30. The minimum Gasteiger partial charge on any atom is -0.396 e. The van der Waals surface area contributed by atoms with E-state index in [4.69, 9.17) is 5.11 Å². The second kappa shape index (κ2) is 5.97. The molecule has 1 atom stereocenters. The van der Waals surface area contributed by atoms with Crippen LogP contribution in [-0.2, 0) is 0 Å². The molecule has 1 aliphatic heterocycles. The molecule has 1 unspecified atom stereocenters. The number of piperidine rings is 1. The van der Waals surface area contributed by atoms with Crippen LogP contribution >= 0.6 is 0 Å². The lowest BCUT2D eigenvalue weighted by atomic mass is 9.98. The summed E-state index contributed by atoms with van der Waals surface area (Å²) in [6.45, 7) is 0.809. The molecule has 0 saturated carbocycles. The number of benzene rings is 1. The third-order valence-electron chi connectivity index (χ3n) is 3.50. The van der Waals surface area contributed by atoms with E-state index in [0.29, 0.717) is 12.1 Å². The van der Waals surface area contributed by atoms with Crippen LogP contribution in [-0.4, -0.2) is 29.2 Å². The van der Waals surface area contributed by atoms with Gasteiger partial charge in [-0.3, -0.25) is 10.1 Å². The van der Waals surface area contributed by atoms with Gasteiger partial charge in [0.1, 0.15) is 5.82 Å². The highest BCUT2D eigenvalue weighted by atomic mass is 19.1. The van der Waals surface area contributed by atoms with Gasteiger partial charge in [-0.05, 0) is 31.7 Å². The van der Waals surface area contributed by atoms with Gasteiger partial charge in [0.05, 0.1) is 11.0 Å². The Balaban J connectivity index is 2.30. The van der Waals surface area contributed by atoms with E-state index in [1.54, 1.807) is 0 Å². The van der Waals surface area contributed by atoms with Crippen molar-refractivity contribution in [2.45, 2.75) is 31.7 Å². The maximum atomic E-state index is 13.5. The number of nitro groups is 1. The van der Waals surface area contributed by atoms with Gasteiger partial charge in [0.15, 0.2) is 0 Å². The first-order valence-electron chi connectivity index (χ1n) is 6.44. The van der Waals surface area contributed by atoms with Crippen LogP contribution in [0.5, 0.6) is 0 Å². The maximum Gasteiger partial charge on any atom is 0.274 e. The lowest BCUT2D eigenvalue weighted by Crippen LogP contribution is -2.40. The van der Waals surface area contributed by atoms with Gasteiger partial charge in [-0.25, -0.2) is 4.39 Å². The minimum absolute atomic E-state index is 0.0680. The lowest BCUT2D eigenvalue weighted by Gasteiger charge is -2.37. The van der Waals surface area contributed by atoms with Gasteiger partial charge in [-0.15, -0.1) is 0 Å². The fraction of sp³-hybridized carbons (Fsp3) is 0.538. The minimum atomic E-state index is -0.600. The van der Waals surface area contributed by atoms with Crippen LogP contribution in [0.1, 0.15) is 25.7 Å². The van der Waals surface area contributed by atoms with Gasteiger partial charge in [0, 0.05) is 30.9 Å². The van der Waals surface area contributed by atoms with Crippen molar-refractivity contribution in [3.05, 3.63) is 34.1 Å². The van der Waals surface area contributed by atoms with Crippen LogP contribution in [0.3, 0.4) is 0 Å². The van der Waals surface area contributed by atoms with Gasteiger partial charge in [-0.2, -0.15) is 0 Å². The zero-order valence-corrected chi connectivity index (χ0v) is 10.6. The van der Waals surface area contributed by atoms with Crippen molar-refractivity contribution in [1.29, 1.82) is 0 Å². The molecule has 19 heavy (non-hydrogen) atoms. The summed E-state index contributed by atoms with van der Waals surface area (Å²) < 4.78 is 13.5. The SMILES string of the molecule is O=[N+]([O-])c1cc(F)cc(N2CCCCC2CCO)c1.